The summed E-state index contributed by atoms with van der Waals surface area (Å²) in [6.45, 7) is 9.45. The van der Waals surface area contributed by atoms with Crippen molar-refractivity contribution in [2.45, 2.75) is 64.1 Å². The lowest BCUT2D eigenvalue weighted by Gasteiger charge is -2.07. The largest absolute Gasteiger partial charge is 0.298 e. The van der Waals surface area contributed by atoms with Crippen molar-refractivity contribution in [2.24, 2.45) is 4.99 Å². The topological polar surface area (TPSA) is 12.4 Å². The van der Waals surface area contributed by atoms with Crippen LogP contribution in [0.2, 0.25) is 18.1 Å². The highest BCUT2D eigenvalue weighted by atomic mass is 28.3. The van der Waals surface area contributed by atoms with Gasteiger partial charge in [0.15, 0.2) is 0 Å². The molecule has 0 saturated heterocycles. The number of hydrogen-bond acceptors (Lipinski definition) is 1. The molecule has 1 unspecified atom stereocenters. The van der Waals surface area contributed by atoms with Crippen LogP contribution in [0.15, 0.2) is 17.6 Å². The highest BCUT2D eigenvalue weighted by Gasteiger charge is 2.03. The van der Waals surface area contributed by atoms with Crippen LogP contribution in [-0.4, -0.2) is 21.6 Å². The number of unbranched alkanes of at least 4 members (excludes halogenated alkanes) is 3. The molecular weight excluding hydrogens is 210 g/mol. The second-order valence-electron chi connectivity index (χ2n) is 4.53. The first-order valence-electron chi connectivity index (χ1n) is 6.94. The van der Waals surface area contributed by atoms with Crippen molar-refractivity contribution in [3.05, 3.63) is 12.7 Å². The van der Waals surface area contributed by atoms with Crippen molar-refractivity contribution >= 4 is 15.0 Å². The average Bonchev–Trinajstić information content (AvgIpc) is 2.31. The van der Waals surface area contributed by atoms with Crippen molar-refractivity contribution in [1.29, 1.82) is 0 Å². The van der Waals surface area contributed by atoms with Gasteiger partial charge in [-0.15, -0.1) is 6.58 Å². The SMILES string of the molecule is C=CC[SiH](CC)CCC=NCCCCCC. The van der Waals surface area contributed by atoms with Crippen LogP contribution in [0.1, 0.15) is 46.0 Å². The van der Waals surface area contributed by atoms with E-state index in [0.717, 1.165) is 6.54 Å². The molecule has 94 valence electrons. The van der Waals surface area contributed by atoms with Crippen molar-refractivity contribution in [1.82, 2.24) is 0 Å². The number of aliphatic imine (C=N–C) groups is 1. The molecule has 0 aromatic heterocycles. The minimum Gasteiger partial charge on any atom is -0.298 e. The third kappa shape index (κ3) is 10.2. The van der Waals surface area contributed by atoms with Crippen molar-refractivity contribution < 1.29 is 0 Å². The summed E-state index contributed by atoms with van der Waals surface area (Å²) in [7, 11) is -0.492. The van der Waals surface area contributed by atoms with Crippen LogP contribution >= 0.6 is 0 Å². The summed E-state index contributed by atoms with van der Waals surface area (Å²) in [6.07, 6.45) is 10.7. The summed E-state index contributed by atoms with van der Waals surface area (Å²) in [5, 5.41) is 0. The third-order valence-electron chi connectivity index (χ3n) is 3.05. The van der Waals surface area contributed by atoms with Gasteiger partial charge in [-0.05, 0) is 25.1 Å². The second-order valence-corrected chi connectivity index (χ2v) is 8.12. The van der Waals surface area contributed by atoms with E-state index >= 15 is 0 Å². The Hall–Kier alpha value is -0.373. The third-order valence-corrected chi connectivity index (χ3v) is 6.36. The monoisotopic (exact) mass is 239 g/mol. The first-order valence-corrected chi connectivity index (χ1v) is 9.39. The molecule has 0 bridgehead atoms. The lowest BCUT2D eigenvalue weighted by Crippen LogP contribution is -2.08. The molecule has 16 heavy (non-hydrogen) atoms. The van der Waals surface area contributed by atoms with Crippen LogP contribution in [0.25, 0.3) is 0 Å². The van der Waals surface area contributed by atoms with E-state index < -0.39 is 8.80 Å². The molecule has 1 atom stereocenters. The highest BCUT2D eigenvalue weighted by Crippen LogP contribution is 2.07. The van der Waals surface area contributed by atoms with Gasteiger partial charge in [0.25, 0.3) is 0 Å². The van der Waals surface area contributed by atoms with E-state index in [4.69, 9.17) is 0 Å². The fraction of sp³-hybridized carbons (Fsp3) is 0.786. The summed E-state index contributed by atoms with van der Waals surface area (Å²) in [5.74, 6) is 0. The Morgan fingerprint density at radius 2 is 2.00 bits per heavy atom. The molecule has 2 heteroatoms. The summed E-state index contributed by atoms with van der Waals surface area (Å²) in [4.78, 5) is 4.48. The molecule has 0 amide bonds. The fourth-order valence-corrected chi connectivity index (χ4v) is 3.92. The first kappa shape index (κ1) is 15.6. The van der Waals surface area contributed by atoms with Gasteiger partial charge in [-0.2, -0.15) is 0 Å². The number of allylic oxidation sites excluding steroid dienone is 1. The molecule has 0 aliphatic rings. The summed E-state index contributed by atoms with van der Waals surface area (Å²) in [5.41, 5.74) is 0. The lowest BCUT2D eigenvalue weighted by atomic mass is 10.2. The van der Waals surface area contributed by atoms with E-state index in [9.17, 15) is 0 Å². The quantitative estimate of drug-likeness (QED) is 0.218. The van der Waals surface area contributed by atoms with Gasteiger partial charge in [0.1, 0.15) is 0 Å². The van der Waals surface area contributed by atoms with E-state index in [0.29, 0.717) is 0 Å². The van der Waals surface area contributed by atoms with E-state index in [1.807, 2.05) is 0 Å². The van der Waals surface area contributed by atoms with Gasteiger partial charge in [-0.25, -0.2) is 0 Å². The smallest absolute Gasteiger partial charge is 0.0406 e. The Balaban J connectivity index is 3.34. The molecule has 0 aliphatic heterocycles. The summed E-state index contributed by atoms with van der Waals surface area (Å²) >= 11 is 0. The fourth-order valence-electron chi connectivity index (χ4n) is 1.85. The Bertz CT molecular complexity index is 178. The van der Waals surface area contributed by atoms with Crippen LogP contribution < -0.4 is 0 Å². The van der Waals surface area contributed by atoms with Gasteiger partial charge in [0.2, 0.25) is 0 Å². The van der Waals surface area contributed by atoms with Gasteiger partial charge >= 0.3 is 0 Å². The minimum atomic E-state index is -0.492. The normalized spacial score (nSPS) is 13.1. The van der Waals surface area contributed by atoms with E-state index in [1.165, 1.54) is 50.2 Å². The molecule has 0 saturated carbocycles. The predicted molar refractivity (Wildman–Crippen MR) is 79.6 cm³/mol. The van der Waals surface area contributed by atoms with Crippen LogP contribution in [0, 0.1) is 0 Å². The standard InChI is InChI=1S/C14H29NSi/c1-4-7-8-9-11-15-12-10-14-16(6-3)13-5-2/h5,12,16H,2,4,6-11,13-14H2,1,3H3. The van der Waals surface area contributed by atoms with Gasteiger partial charge in [0, 0.05) is 15.3 Å². The molecule has 0 N–H and O–H groups in total. The molecular formula is C14H29NSi. The van der Waals surface area contributed by atoms with Crippen molar-refractivity contribution in [2.75, 3.05) is 6.54 Å². The van der Waals surface area contributed by atoms with Crippen LogP contribution in [0.3, 0.4) is 0 Å². The van der Waals surface area contributed by atoms with Crippen LogP contribution in [0.5, 0.6) is 0 Å². The Kier molecular flexibility index (Phi) is 12.4. The molecule has 0 spiro atoms. The molecule has 0 heterocycles. The summed E-state index contributed by atoms with van der Waals surface area (Å²) in [6, 6.07) is 4.10. The Morgan fingerprint density at radius 3 is 2.62 bits per heavy atom. The van der Waals surface area contributed by atoms with Crippen molar-refractivity contribution in [3.8, 4) is 0 Å². The zero-order valence-electron chi connectivity index (χ0n) is 11.3. The number of rotatable bonds is 11. The van der Waals surface area contributed by atoms with Gasteiger partial charge in [-0.3, -0.25) is 4.99 Å². The molecule has 0 radical (unpaired) electrons. The molecule has 1 nitrogen and oxygen atoms in total. The zero-order chi connectivity index (χ0) is 12.1. The zero-order valence-corrected chi connectivity index (χ0v) is 12.4. The maximum atomic E-state index is 4.48. The van der Waals surface area contributed by atoms with Gasteiger partial charge in [0.05, 0.1) is 0 Å². The Morgan fingerprint density at radius 1 is 1.19 bits per heavy atom. The molecule has 0 fully saturated rings. The molecule has 0 rings (SSSR count). The first-order chi connectivity index (χ1) is 7.85. The van der Waals surface area contributed by atoms with Gasteiger partial charge < -0.3 is 0 Å². The molecule has 0 aliphatic carbocycles. The van der Waals surface area contributed by atoms with Gasteiger partial charge in [-0.1, -0.05) is 51.3 Å². The maximum Gasteiger partial charge on any atom is 0.0406 e. The lowest BCUT2D eigenvalue weighted by molar-refractivity contribution is 0.675. The van der Waals surface area contributed by atoms with Crippen LogP contribution in [-0.2, 0) is 0 Å². The highest BCUT2D eigenvalue weighted by molar-refractivity contribution is 6.59. The minimum absolute atomic E-state index is 0.492. The van der Waals surface area contributed by atoms with E-state index in [1.54, 1.807) is 0 Å². The molecule has 0 aromatic rings. The van der Waals surface area contributed by atoms with Crippen molar-refractivity contribution in [3.63, 3.8) is 0 Å². The van der Waals surface area contributed by atoms with Crippen LogP contribution in [0.4, 0.5) is 0 Å². The van der Waals surface area contributed by atoms with E-state index in [-0.39, 0.29) is 0 Å². The predicted octanol–water partition coefficient (Wildman–Crippen LogP) is 4.46. The summed E-state index contributed by atoms with van der Waals surface area (Å²) < 4.78 is 0. The maximum absolute atomic E-state index is 4.48. The Labute approximate surface area is 104 Å². The number of nitrogens with zero attached hydrogens (tertiary/aromatic N) is 1. The second kappa shape index (κ2) is 12.7. The average molecular weight is 239 g/mol. The number of hydrogen-bond donors (Lipinski definition) is 0. The van der Waals surface area contributed by atoms with E-state index in [2.05, 4.69) is 37.7 Å². The molecule has 0 aromatic carbocycles.